The van der Waals surface area contributed by atoms with Crippen LogP contribution >= 0.6 is 0 Å². The Hall–Kier alpha value is -4.26. The summed E-state index contributed by atoms with van der Waals surface area (Å²) in [7, 11) is 3.02. The molecule has 0 saturated heterocycles. The lowest BCUT2D eigenvalue weighted by Crippen LogP contribution is -2.32. The molecular formula is C26H24N2O5. The summed E-state index contributed by atoms with van der Waals surface area (Å²) in [4.78, 5) is 28.3. The lowest BCUT2D eigenvalue weighted by molar-refractivity contribution is -0.120. The van der Waals surface area contributed by atoms with Gasteiger partial charge in [0.25, 0.3) is 11.8 Å². The van der Waals surface area contributed by atoms with Gasteiger partial charge in [-0.2, -0.15) is 0 Å². The number of rotatable bonds is 8. The summed E-state index contributed by atoms with van der Waals surface area (Å²) < 4.78 is 16.2. The van der Waals surface area contributed by atoms with Gasteiger partial charge in [0, 0.05) is 30.0 Å². The van der Waals surface area contributed by atoms with Crippen LogP contribution in [0.15, 0.2) is 78.5 Å². The quantitative estimate of drug-likeness (QED) is 0.516. The Labute approximate surface area is 192 Å². The van der Waals surface area contributed by atoms with Crippen molar-refractivity contribution >= 4 is 28.8 Å². The first-order valence-corrected chi connectivity index (χ1v) is 10.5. The highest BCUT2D eigenvalue weighted by Crippen LogP contribution is 2.37. The molecular weight excluding hydrogens is 420 g/mol. The normalized spacial score (nSPS) is 13.4. The van der Waals surface area contributed by atoms with Crippen molar-refractivity contribution in [3.8, 4) is 17.2 Å². The number of hydrogen-bond acceptors (Lipinski definition) is 6. The molecule has 2 amide bonds. The number of imide groups is 1. The fraction of sp³-hybridized carbons (Fsp3) is 0.154. The standard InChI is InChI=1S/C26H24N2O5/c1-4-33-20-12-8-11-18(13-20)27-24-23(17-9-6-5-7-10-17)25(29)28(26(24)30)19-14-21(31-2)16-22(15-19)32-3/h5-16,27H,4H2,1-3H3. The molecule has 1 heterocycles. The summed E-state index contributed by atoms with van der Waals surface area (Å²) in [6, 6.07) is 21.3. The fourth-order valence-electron chi connectivity index (χ4n) is 3.65. The number of carbonyl (C=O) groups excluding carboxylic acids is 2. The number of amides is 2. The van der Waals surface area contributed by atoms with Gasteiger partial charge >= 0.3 is 0 Å². The minimum absolute atomic E-state index is 0.182. The van der Waals surface area contributed by atoms with Gasteiger partial charge in [-0.3, -0.25) is 9.59 Å². The van der Waals surface area contributed by atoms with Gasteiger partial charge in [-0.25, -0.2) is 4.90 Å². The van der Waals surface area contributed by atoms with Crippen LogP contribution in [0.2, 0.25) is 0 Å². The van der Waals surface area contributed by atoms with Crippen LogP contribution in [0, 0.1) is 0 Å². The largest absolute Gasteiger partial charge is 0.497 e. The van der Waals surface area contributed by atoms with Gasteiger partial charge in [-0.1, -0.05) is 36.4 Å². The van der Waals surface area contributed by atoms with E-state index in [0.717, 1.165) is 4.90 Å². The molecule has 4 rings (SSSR count). The summed E-state index contributed by atoms with van der Waals surface area (Å²) >= 11 is 0. The van der Waals surface area contributed by atoms with Crippen molar-refractivity contribution in [2.45, 2.75) is 6.92 Å². The zero-order valence-corrected chi connectivity index (χ0v) is 18.6. The van der Waals surface area contributed by atoms with Crippen LogP contribution in [0.1, 0.15) is 12.5 Å². The van der Waals surface area contributed by atoms with Gasteiger partial charge in [0.05, 0.1) is 32.1 Å². The van der Waals surface area contributed by atoms with Crippen molar-refractivity contribution < 1.29 is 23.8 Å². The number of nitrogens with zero attached hydrogens (tertiary/aromatic N) is 1. The molecule has 0 bridgehead atoms. The highest BCUT2D eigenvalue weighted by atomic mass is 16.5. The Bertz CT molecular complexity index is 1200. The molecule has 0 spiro atoms. The predicted octanol–water partition coefficient (Wildman–Crippen LogP) is 4.50. The van der Waals surface area contributed by atoms with E-state index in [1.807, 2.05) is 43.3 Å². The SMILES string of the molecule is CCOc1cccc(NC2=C(c3ccccc3)C(=O)N(c3cc(OC)cc(OC)c3)C2=O)c1. The molecule has 0 aromatic heterocycles. The average Bonchev–Trinajstić information content (AvgIpc) is 3.08. The van der Waals surface area contributed by atoms with Crippen LogP contribution in [0.25, 0.3) is 5.57 Å². The summed E-state index contributed by atoms with van der Waals surface area (Å²) in [5.41, 5.74) is 2.09. The van der Waals surface area contributed by atoms with Gasteiger partial charge in [0.15, 0.2) is 0 Å². The molecule has 1 aliphatic rings. The maximum absolute atomic E-state index is 13.6. The smallest absolute Gasteiger partial charge is 0.282 e. The number of anilines is 2. The van der Waals surface area contributed by atoms with Gasteiger partial charge in [-0.15, -0.1) is 0 Å². The summed E-state index contributed by atoms with van der Waals surface area (Å²) in [6.45, 7) is 2.42. The van der Waals surface area contributed by atoms with E-state index >= 15 is 0 Å². The molecule has 3 aromatic rings. The van der Waals surface area contributed by atoms with E-state index in [2.05, 4.69) is 5.32 Å². The maximum Gasteiger partial charge on any atom is 0.282 e. The number of hydrogen-bond donors (Lipinski definition) is 1. The number of nitrogens with one attached hydrogen (secondary N) is 1. The van der Waals surface area contributed by atoms with Crippen LogP contribution in [-0.2, 0) is 9.59 Å². The molecule has 33 heavy (non-hydrogen) atoms. The molecule has 1 aliphatic heterocycles. The van der Waals surface area contributed by atoms with Crippen molar-refractivity contribution in [2.75, 3.05) is 31.0 Å². The maximum atomic E-state index is 13.6. The van der Waals surface area contributed by atoms with Crippen molar-refractivity contribution in [2.24, 2.45) is 0 Å². The third-order valence-electron chi connectivity index (χ3n) is 5.16. The topological polar surface area (TPSA) is 77.1 Å². The van der Waals surface area contributed by atoms with E-state index in [9.17, 15) is 9.59 Å². The highest BCUT2D eigenvalue weighted by Gasteiger charge is 2.40. The molecule has 7 heteroatoms. The summed E-state index contributed by atoms with van der Waals surface area (Å²) in [6.07, 6.45) is 0. The van der Waals surface area contributed by atoms with Crippen LogP contribution < -0.4 is 24.4 Å². The van der Waals surface area contributed by atoms with Crippen LogP contribution in [0.3, 0.4) is 0 Å². The first-order chi connectivity index (χ1) is 16.0. The number of methoxy groups -OCH3 is 2. The van der Waals surface area contributed by atoms with Gasteiger partial charge in [0.2, 0.25) is 0 Å². The second-order valence-corrected chi connectivity index (χ2v) is 7.22. The van der Waals surface area contributed by atoms with Crippen LogP contribution in [0.5, 0.6) is 17.2 Å². The highest BCUT2D eigenvalue weighted by molar-refractivity contribution is 6.46. The van der Waals surface area contributed by atoms with Crippen molar-refractivity contribution in [1.29, 1.82) is 0 Å². The van der Waals surface area contributed by atoms with E-state index in [-0.39, 0.29) is 11.3 Å². The number of carbonyl (C=O) groups is 2. The van der Waals surface area contributed by atoms with E-state index in [0.29, 0.717) is 40.8 Å². The Morgan fingerprint density at radius 1 is 0.788 bits per heavy atom. The lowest BCUT2D eigenvalue weighted by Gasteiger charge is -2.17. The monoisotopic (exact) mass is 444 g/mol. The predicted molar refractivity (Wildman–Crippen MR) is 127 cm³/mol. The first-order valence-electron chi connectivity index (χ1n) is 10.5. The van der Waals surface area contributed by atoms with E-state index < -0.39 is 11.8 Å². The average molecular weight is 444 g/mol. The number of benzene rings is 3. The Morgan fingerprint density at radius 2 is 1.48 bits per heavy atom. The third kappa shape index (κ3) is 4.39. The molecule has 168 valence electrons. The molecule has 0 unspecified atom stereocenters. The van der Waals surface area contributed by atoms with Crippen molar-refractivity contribution in [3.63, 3.8) is 0 Å². The van der Waals surface area contributed by atoms with Crippen molar-refractivity contribution in [1.82, 2.24) is 0 Å². The third-order valence-corrected chi connectivity index (χ3v) is 5.16. The first kappa shape index (κ1) is 22.0. The lowest BCUT2D eigenvalue weighted by atomic mass is 10.0. The second kappa shape index (κ2) is 9.48. The minimum atomic E-state index is -0.476. The molecule has 7 nitrogen and oxygen atoms in total. The molecule has 0 atom stereocenters. The summed E-state index contributed by atoms with van der Waals surface area (Å²) in [5.74, 6) is 0.686. The molecule has 1 N–H and O–H groups in total. The molecule has 0 aliphatic carbocycles. The van der Waals surface area contributed by atoms with E-state index in [4.69, 9.17) is 14.2 Å². The Morgan fingerprint density at radius 3 is 2.12 bits per heavy atom. The Kier molecular flexibility index (Phi) is 6.31. The van der Waals surface area contributed by atoms with Gasteiger partial charge in [-0.05, 0) is 24.6 Å². The van der Waals surface area contributed by atoms with Gasteiger partial charge < -0.3 is 19.5 Å². The zero-order chi connectivity index (χ0) is 23.4. The molecule has 0 radical (unpaired) electrons. The molecule has 3 aromatic carbocycles. The summed E-state index contributed by atoms with van der Waals surface area (Å²) in [5, 5.41) is 3.15. The number of ether oxygens (including phenoxy) is 3. The van der Waals surface area contributed by atoms with Crippen LogP contribution in [-0.4, -0.2) is 32.6 Å². The van der Waals surface area contributed by atoms with Gasteiger partial charge in [0.1, 0.15) is 22.9 Å². The molecule has 0 fully saturated rings. The van der Waals surface area contributed by atoms with Crippen molar-refractivity contribution in [3.05, 3.63) is 84.1 Å². The minimum Gasteiger partial charge on any atom is -0.497 e. The fourth-order valence-corrected chi connectivity index (χ4v) is 3.65. The molecule has 0 saturated carbocycles. The zero-order valence-electron chi connectivity index (χ0n) is 18.6. The second-order valence-electron chi connectivity index (χ2n) is 7.22. The Balaban J connectivity index is 1.80. The van der Waals surface area contributed by atoms with Crippen LogP contribution in [0.4, 0.5) is 11.4 Å². The van der Waals surface area contributed by atoms with E-state index in [1.54, 1.807) is 36.4 Å². The van der Waals surface area contributed by atoms with E-state index in [1.165, 1.54) is 14.2 Å².